The van der Waals surface area contributed by atoms with Gasteiger partial charge in [0.05, 0.1) is 6.61 Å². The van der Waals surface area contributed by atoms with Crippen molar-refractivity contribution in [3.8, 4) is 0 Å². The van der Waals surface area contributed by atoms with Crippen LogP contribution >= 0.6 is 0 Å². The molecule has 1 aliphatic rings. The fourth-order valence-corrected chi connectivity index (χ4v) is 3.10. The van der Waals surface area contributed by atoms with E-state index in [9.17, 15) is 4.79 Å². The number of hydrogen-bond acceptors (Lipinski definition) is 5. The molecule has 0 radical (unpaired) electrons. The molecular weight excluding hydrogens is 306 g/mol. The number of carbonyl (C=O) groups excluding carboxylic acids is 1. The van der Waals surface area contributed by atoms with Gasteiger partial charge in [-0.1, -0.05) is 56.3 Å². The second-order valence-corrected chi connectivity index (χ2v) is 6.89. The van der Waals surface area contributed by atoms with Gasteiger partial charge in [0.1, 0.15) is 11.6 Å². The van der Waals surface area contributed by atoms with Crippen molar-refractivity contribution in [3.63, 3.8) is 0 Å². The lowest BCUT2D eigenvalue weighted by atomic mass is 9.69. The zero-order chi connectivity index (χ0) is 17.7. The van der Waals surface area contributed by atoms with E-state index in [2.05, 4.69) is 25.9 Å². The van der Waals surface area contributed by atoms with E-state index >= 15 is 0 Å². The Morgan fingerprint density at radius 2 is 1.83 bits per heavy atom. The second kappa shape index (κ2) is 7.79. The SMILES string of the molecule is CCOC(=O)[C@H]1C(c2ccccc2)=NO[C@@H](OCC)[C@@H]1C(C)(C)C. The predicted molar refractivity (Wildman–Crippen MR) is 92.5 cm³/mol. The molecule has 0 aromatic heterocycles. The van der Waals surface area contributed by atoms with Crippen molar-refractivity contribution in [1.82, 2.24) is 0 Å². The highest BCUT2D eigenvalue weighted by Gasteiger charge is 2.50. The molecule has 0 N–H and O–H groups in total. The lowest BCUT2D eigenvalue weighted by molar-refractivity contribution is -0.210. The first kappa shape index (κ1) is 18.5. The van der Waals surface area contributed by atoms with E-state index < -0.39 is 12.2 Å². The Morgan fingerprint density at radius 3 is 2.38 bits per heavy atom. The van der Waals surface area contributed by atoms with Gasteiger partial charge in [-0.25, -0.2) is 0 Å². The molecule has 0 aliphatic carbocycles. The molecule has 2 rings (SSSR count). The zero-order valence-corrected chi connectivity index (χ0v) is 15.1. The predicted octanol–water partition coefficient (Wildman–Crippen LogP) is 3.63. The van der Waals surface area contributed by atoms with Crippen LogP contribution in [0.1, 0.15) is 40.2 Å². The lowest BCUT2D eigenvalue weighted by Gasteiger charge is -2.42. The van der Waals surface area contributed by atoms with E-state index in [1.807, 2.05) is 44.2 Å². The largest absolute Gasteiger partial charge is 0.465 e. The summed E-state index contributed by atoms with van der Waals surface area (Å²) in [7, 11) is 0. The third-order valence-electron chi connectivity index (χ3n) is 4.14. The van der Waals surface area contributed by atoms with Crippen LogP contribution in [0, 0.1) is 17.3 Å². The molecule has 3 atom stereocenters. The quantitative estimate of drug-likeness (QED) is 0.772. The maximum absolute atomic E-state index is 12.8. The van der Waals surface area contributed by atoms with Gasteiger partial charge in [0, 0.05) is 18.1 Å². The standard InChI is InChI=1S/C19H27NO4/c1-6-22-17(21)14-15(19(3,4)5)18(23-7-2)24-20-16(14)13-11-9-8-10-12-13/h8-12,14-15,18H,6-7H2,1-5H3/t14-,15-,18-/m1/s1. The Balaban J connectivity index is 2.51. The van der Waals surface area contributed by atoms with Crippen molar-refractivity contribution in [2.45, 2.75) is 40.9 Å². The van der Waals surface area contributed by atoms with Gasteiger partial charge in [-0.05, 0) is 19.3 Å². The molecular formula is C19H27NO4. The third kappa shape index (κ3) is 3.96. The molecule has 1 aromatic carbocycles. The van der Waals surface area contributed by atoms with Gasteiger partial charge in [0.2, 0.25) is 6.29 Å². The minimum absolute atomic E-state index is 0.204. The lowest BCUT2D eigenvalue weighted by Crippen LogP contribution is -2.50. The molecule has 132 valence electrons. The number of ether oxygens (including phenoxy) is 2. The number of nitrogens with zero attached hydrogens (tertiary/aromatic N) is 1. The van der Waals surface area contributed by atoms with Gasteiger partial charge in [-0.2, -0.15) is 0 Å². The maximum Gasteiger partial charge on any atom is 0.315 e. The van der Waals surface area contributed by atoms with Crippen LogP contribution in [0.5, 0.6) is 0 Å². The van der Waals surface area contributed by atoms with Gasteiger partial charge >= 0.3 is 5.97 Å². The molecule has 0 saturated carbocycles. The van der Waals surface area contributed by atoms with Crippen LogP contribution in [-0.2, 0) is 19.1 Å². The van der Waals surface area contributed by atoms with Crippen LogP contribution in [0.15, 0.2) is 35.5 Å². The summed E-state index contributed by atoms with van der Waals surface area (Å²) in [4.78, 5) is 18.4. The van der Waals surface area contributed by atoms with Crippen molar-refractivity contribution in [2.24, 2.45) is 22.4 Å². The molecule has 0 unspecified atom stereocenters. The fourth-order valence-electron chi connectivity index (χ4n) is 3.10. The Bertz CT molecular complexity index is 577. The summed E-state index contributed by atoms with van der Waals surface area (Å²) in [6, 6.07) is 9.61. The van der Waals surface area contributed by atoms with Crippen molar-refractivity contribution < 1.29 is 19.1 Å². The monoisotopic (exact) mass is 333 g/mol. The van der Waals surface area contributed by atoms with Crippen LogP contribution in [0.3, 0.4) is 0 Å². The number of rotatable bonds is 5. The van der Waals surface area contributed by atoms with Crippen molar-refractivity contribution >= 4 is 11.7 Å². The molecule has 0 fully saturated rings. The van der Waals surface area contributed by atoms with Crippen molar-refractivity contribution in [3.05, 3.63) is 35.9 Å². The number of oxime groups is 1. The second-order valence-electron chi connectivity index (χ2n) is 6.89. The van der Waals surface area contributed by atoms with Gasteiger partial charge in [0.15, 0.2) is 0 Å². The first-order valence-corrected chi connectivity index (χ1v) is 8.47. The molecule has 5 nitrogen and oxygen atoms in total. The minimum atomic E-state index is -0.572. The Labute approximate surface area is 144 Å². The highest BCUT2D eigenvalue weighted by atomic mass is 16.8. The number of hydrogen-bond donors (Lipinski definition) is 0. The molecule has 0 spiro atoms. The van der Waals surface area contributed by atoms with Crippen LogP contribution < -0.4 is 0 Å². The highest BCUT2D eigenvalue weighted by Crippen LogP contribution is 2.41. The van der Waals surface area contributed by atoms with Gasteiger partial charge < -0.3 is 14.3 Å². The van der Waals surface area contributed by atoms with Crippen LogP contribution in [0.2, 0.25) is 0 Å². The van der Waals surface area contributed by atoms with Gasteiger partial charge in [-0.15, -0.1) is 0 Å². The molecule has 0 amide bonds. The van der Waals surface area contributed by atoms with Crippen LogP contribution in [-0.4, -0.2) is 31.2 Å². The first-order chi connectivity index (χ1) is 11.4. The van der Waals surface area contributed by atoms with E-state index in [0.29, 0.717) is 18.9 Å². The normalized spacial score (nSPS) is 24.0. The Morgan fingerprint density at radius 1 is 1.17 bits per heavy atom. The van der Waals surface area contributed by atoms with E-state index in [0.717, 1.165) is 5.56 Å². The molecule has 5 heteroatoms. The van der Waals surface area contributed by atoms with Crippen LogP contribution in [0.25, 0.3) is 0 Å². The number of benzene rings is 1. The van der Waals surface area contributed by atoms with Crippen LogP contribution in [0.4, 0.5) is 0 Å². The summed E-state index contributed by atoms with van der Waals surface area (Å²) in [5, 5.41) is 4.24. The molecule has 24 heavy (non-hydrogen) atoms. The van der Waals surface area contributed by atoms with E-state index in [1.165, 1.54) is 0 Å². The van der Waals surface area contributed by atoms with Crippen molar-refractivity contribution in [2.75, 3.05) is 13.2 Å². The fraction of sp³-hybridized carbons (Fsp3) is 0.579. The Hall–Kier alpha value is -1.88. The summed E-state index contributed by atoms with van der Waals surface area (Å²) in [6.07, 6.45) is -0.572. The van der Waals surface area contributed by atoms with E-state index in [1.54, 1.807) is 0 Å². The molecule has 1 aromatic rings. The average Bonchev–Trinajstić information content (AvgIpc) is 2.54. The van der Waals surface area contributed by atoms with E-state index in [-0.39, 0.29) is 17.3 Å². The molecule has 1 aliphatic heterocycles. The van der Waals surface area contributed by atoms with Gasteiger partial charge in [0.25, 0.3) is 0 Å². The summed E-state index contributed by atoms with van der Waals surface area (Å²) in [5.74, 6) is -1.02. The van der Waals surface area contributed by atoms with Gasteiger partial charge in [-0.3, -0.25) is 4.79 Å². The average molecular weight is 333 g/mol. The molecule has 0 bridgehead atoms. The Kier molecular flexibility index (Phi) is 5.99. The maximum atomic E-state index is 12.8. The smallest absolute Gasteiger partial charge is 0.315 e. The van der Waals surface area contributed by atoms with Crippen molar-refractivity contribution in [1.29, 1.82) is 0 Å². The zero-order valence-electron chi connectivity index (χ0n) is 15.1. The summed E-state index contributed by atoms with van der Waals surface area (Å²) in [6.45, 7) is 10.8. The topological polar surface area (TPSA) is 57.1 Å². The molecule has 0 saturated heterocycles. The summed E-state index contributed by atoms with van der Waals surface area (Å²) < 4.78 is 11.1. The van der Waals surface area contributed by atoms with E-state index in [4.69, 9.17) is 14.3 Å². The first-order valence-electron chi connectivity index (χ1n) is 8.47. The third-order valence-corrected chi connectivity index (χ3v) is 4.14. The number of esters is 1. The highest BCUT2D eigenvalue weighted by molar-refractivity contribution is 6.12. The summed E-state index contributed by atoms with van der Waals surface area (Å²) in [5.41, 5.74) is 1.23. The molecule has 1 heterocycles. The minimum Gasteiger partial charge on any atom is -0.465 e. The number of carbonyl (C=O) groups is 1. The summed E-state index contributed by atoms with van der Waals surface area (Å²) >= 11 is 0.